The van der Waals surface area contributed by atoms with Crippen LogP contribution in [0.1, 0.15) is 19.4 Å². The lowest BCUT2D eigenvalue weighted by Gasteiger charge is -2.13. The number of nitrogens with zero attached hydrogens (tertiary/aromatic N) is 2. The normalized spacial score (nSPS) is 11.2. The number of benzene rings is 2. The molecule has 0 unspecified atom stereocenters. The van der Waals surface area contributed by atoms with E-state index in [2.05, 4.69) is 38.1 Å². The summed E-state index contributed by atoms with van der Waals surface area (Å²) in [5.74, 6) is 1.51. The average Bonchev–Trinajstić information content (AvgIpc) is 3.01. The summed E-state index contributed by atoms with van der Waals surface area (Å²) in [6, 6.07) is 12.0. The quantitative estimate of drug-likeness (QED) is 0.297. The van der Waals surface area contributed by atoms with E-state index in [1.807, 2.05) is 50.2 Å². The number of anilines is 1. The van der Waals surface area contributed by atoms with Crippen LogP contribution >= 0.6 is 33.9 Å². The topological polar surface area (TPSA) is 55.7 Å². The van der Waals surface area contributed by atoms with E-state index in [9.17, 15) is 0 Å². The first-order valence-corrected chi connectivity index (χ1v) is 9.84. The predicted molar refractivity (Wildman–Crippen MR) is 112 cm³/mol. The predicted octanol–water partition coefficient (Wildman–Crippen LogP) is 5.14. The summed E-state index contributed by atoms with van der Waals surface area (Å²) in [6.07, 6.45) is 1.76. The number of rotatable bonds is 7. The van der Waals surface area contributed by atoms with E-state index in [0.717, 1.165) is 36.0 Å². The van der Waals surface area contributed by atoms with Crippen LogP contribution in [0.5, 0.6) is 11.5 Å². The Morgan fingerprint density at radius 3 is 2.76 bits per heavy atom. The van der Waals surface area contributed by atoms with Gasteiger partial charge in [-0.15, -0.1) is 0 Å². The molecule has 3 aromatic rings. The van der Waals surface area contributed by atoms with Gasteiger partial charge in [0.05, 0.1) is 33.2 Å². The van der Waals surface area contributed by atoms with Crippen LogP contribution in [0.25, 0.3) is 10.2 Å². The van der Waals surface area contributed by atoms with Crippen LogP contribution in [0.3, 0.4) is 0 Å². The minimum Gasteiger partial charge on any atom is -0.490 e. The molecule has 0 aliphatic heterocycles. The van der Waals surface area contributed by atoms with Crippen molar-refractivity contribution in [1.29, 1.82) is 0 Å². The standard InChI is InChI=1S/C18H18IN3O2S/c1-3-23-15-10-12(9-13(19)17(15)24-4-2)11-20-22-18-21-14-7-5-6-8-16(14)25-18/h5-11H,3-4H2,1-2H3,(H,21,22)/b20-11-. The first kappa shape index (κ1) is 17.9. The Morgan fingerprint density at radius 2 is 2.00 bits per heavy atom. The molecule has 0 aliphatic rings. The lowest BCUT2D eigenvalue weighted by Crippen LogP contribution is -2.01. The van der Waals surface area contributed by atoms with Gasteiger partial charge in [-0.2, -0.15) is 5.10 Å². The van der Waals surface area contributed by atoms with Gasteiger partial charge in [-0.3, -0.25) is 5.43 Å². The van der Waals surface area contributed by atoms with E-state index in [1.165, 1.54) is 0 Å². The van der Waals surface area contributed by atoms with E-state index < -0.39 is 0 Å². The second-order valence-corrected chi connectivity index (χ2v) is 7.25. The molecule has 0 bridgehead atoms. The summed E-state index contributed by atoms with van der Waals surface area (Å²) in [5.41, 5.74) is 4.90. The molecule has 0 aliphatic carbocycles. The number of fused-ring (bicyclic) bond motifs is 1. The molecule has 1 heterocycles. The molecule has 0 fully saturated rings. The zero-order chi connectivity index (χ0) is 17.6. The van der Waals surface area contributed by atoms with Gasteiger partial charge in [-0.05, 0) is 66.3 Å². The number of ether oxygens (including phenoxy) is 2. The number of aromatic nitrogens is 1. The summed E-state index contributed by atoms with van der Waals surface area (Å²) in [4.78, 5) is 4.49. The Kier molecular flexibility index (Phi) is 6.09. The zero-order valence-electron chi connectivity index (χ0n) is 14.0. The number of hydrogen-bond acceptors (Lipinski definition) is 6. The van der Waals surface area contributed by atoms with Gasteiger partial charge < -0.3 is 9.47 Å². The van der Waals surface area contributed by atoms with Crippen molar-refractivity contribution >= 4 is 55.5 Å². The fraction of sp³-hybridized carbons (Fsp3) is 0.222. The van der Waals surface area contributed by atoms with Crippen molar-refractivity contribution in [1.82, 2.24) is 4.98 Å². The second kappa shape index (κ2) is 8.48. The highest BCUT2D eigenvalue weighted by Gasteiger charge is 2.11. The summed E-state index contributed by atoms with van der Waals surface area (Å²) in [5, 5.41) is 5.07. The van der Waals surface area contributed by atoms with Crippen LogP contribution in [-0.4, -0.2) is 24.4 Å². The Hall–Kier alpha value is -1.87. The lowest BCUT2D eigenvalue weighted by molar-refractivity contribution is 0.286. The van der Waals surface area contributed by atoms with Crippen molar-refractivity contribution in [2.24, 2.45) is 5.10 Å². The van der Waals surface area contributed by atoms with Gasteiger partial charge in [0.1, 0.15) is 0 Å². The van der Waals surface area contributed by atoms with Crippen molar-refractivity contribution in [3.63, 3.8) is 0 Å². The monoisotopic (exact) mass is 467 g/mol. The van der Waals surface area contributed by atoms with Gasteiger partial charge in [0.25, 0.3) is 0 Å². The van der Waals surface area contributed by atoms with Crippen molar-refractivity contribution < 1.29 is 9.47 Å². The van der Waals surface area contributed by atoms with Gasteiger partial charge in [-0.1, -0.05) is 23.5 Å². The molecule has 5 nitrogen and oxygen atoms in total. The molecule has 0 amide bonds. The molecule has 0 saturated heterocycles. The lowest BCUT2D eigenvalue weighted by atomic mass is 10.2. The summed E-state index contributed by atoms with van der Waals surface area (Å²) >= 11 is 3.82. The van der Waals surface area contributed by atoms with Gasteiger partial charge in [0.2, 0.25) is 5.13 Å². The molecule has 2 aromatic carbocycles. The number of para-hydroxylation sites is 1. The van der Waals surface area contributed by atoms with Crippen LogP contribution in [0.4, 0.5) is 5.13 Å². The SMILES string of the molecule is CCOc1cc(/C=N\Nc2nc3ccccc3s2)cc(I)c1OCC. The number of hydrazone groups is 1. The molecule has 25 heavy (non-hydrogen) atoms. The third-order valence-corrected chi connectivity index (χ3v) is 5.03. The Morgan fingerprint density at radius 1 is 1.20 bits per heavy atom. The summed E-state index contributed by atoms with van der Waals surface area (Å²) in [7, 11) is 0. The van der Waals surface area contributed by atoms with E-state index in [4.69, 9.17) is 9.47 Å². The van der Waals surface area contributed by atoms with Crippen LogP contribution < -0.4 is 14.9 Å². The Labute approximate surface area is 164 Å². The Bertz CT molecular complexity index is 862. The molecule has 7 heteroatoms. The molecule has 0 saturated carbocycles. The van der Waals surface area contributed by atoms with Crippen LogP contribution in [0.2, 0.25) is 0 Å². The van der Waals surface area contributed by atoms with E-state index in [1.54, 1.807) is 17.6 Å². The van der Waals surface area contributed by atoms with Gasteiger partial charge in [-0.25, -0.2) is 4.98 Å². The molecular weight excluding hydrogens is 449 g/mol. The maximum Gasteiger partial charge on any atom is 0.204 e. The number of halogens is 1. The molecule has 130 valence electrons. The molecule has 0 radical (unpaired) electrons. The number of thiazole rings is 1. The summed E-state index contributed by atoms with van der Waals surface area (Å²) < 4.78 is 13.5. The molecule has 0 spiro atoms. The molecule has 0 atom stereocenters. The molecular formula is C18H18IN3O2S. The van der Waals surface area contributed by atoms with E-state index in [-0.39, 0.29) is 0 Å². The minimum atomic E-state index is 0.584. The summed E-state index contributed by atoms with van der Waals surface area (Å²) in [6.45, 7) is 5.10. The van der Waals surface area contributed by atoms with Crippen LogP contribution in [-0.2, 0) is 0 Å². The minimum absolute atomic E-state index is 0.584. The highest BCUT2D eigenvalue weighted by atomic mass is 127. The first-order chi connectivity index (χ1) is 12.2. The average molecular weight is 467 g/mol. The molecule has 3 rings (SSSR count). The third-order valence-electron chi connectivity index (χ3n) is 3.29. The van der Waals surface area contributed by atoms with E-state index in [0.29, 0.717) is 13.2 Å². The highest BCUT2D eigenvalue weighted by Crippen LogP contribution is 2.34. The van der Waals surface area contributed by atoms with Crippen LogP contribution in [0.15, 0.2) is 41.5 Å². The third kappa shape index (κ3) is 4.40. The highest BCUT2D eigenvalue weighted by molar-refractivity contribution is 14.1. The maximum absolute atomic E-state index is 5.69. The smallest absolute Gasteiger partial charge is 0.204 e. The van der Waals surface area contributed by atoms with Gasteiger partial charge >= 0.3 is 0 Å². The van der Waals surface area contributed by atoms with E-state index >= 15 is 0 Å². The maximum atomic E-state index is 5.69. The second-order valence-electron chi connectivity index (χ2n) is 5.05. The number of nitrogens with one attached hydrogen (secondary N) is 1. The largest absolute Gasteiger partial charge is 0.490 e. The van der Waals surface area contributed by atoms with Crippen molar-refractivity contribution in [2.75, 3.05) is 18.6 Å². The molecule has 1 N–H and O–H groups in total. The number of hydrogen-bond donors (Lipinski definition) is 1. The van der Waals surface area contributed by atoms with Crippen LogP contribution in [0, 0.1) is 3.57 Å². The fourth-order valence-electron chi connectivity index (χ4n) is 2.29. The van der Waals surface area contributed by atoms with Crippen molar-refractivity contribution in [3.05, 3.63) is 45.5 Å². The Balaban J connectivity index is 1.78. The van der Waals surface area contributed by atoms with Crippen molar-refractivity contribution in [3.8, 4) is 11.5 Å². The van der Waals surface area contributed by atoms with Crippen molar-refractivity contribution in [2.45, 2.75) is 13.8 Å². The zero-order valence-corrected chi connectivity index (χ0v) is 16.9. The fourth-order valence-corrected chi connectivity index (χ4v) is 3.89. The van der Waals surface area contributed by atoms with Gasteiger partial charge in [0, 0.05) is 0 Å². The first-order valence-electron chi connectivity index (χ1n) is 7.95. The van der Waals surface area contributed by atoms with Gasteiger partial charge in [0.15, 0.2) is 11.5 Å². The molecule has 1 aromatic heterocycles.